The van der Waals surface area contributed by atoms with Crippen molar-refractivity contribution in [2.45, 2.75) is 85.5 Å². The van der Waals surface area contributed by atoms with Crippen molar-refractivity contribution in [1.82, 2.24) is 20.4 Å². The molecule has 4 N–H and O–H groups in total. The number of anilines is 2. The van der Waals surface area contributed by atoms with Gasteiger partial charge < -0.3 is 31.1 Å². The average molecular weight is 595 g/mol. The first-order valence-corrected chi connectivity index (χ1v) is 16.7. The van der Waals surface area contributed by atoms with Crippen LogP contribution in [0.1, 0.15) is 90.2 Å². The molecule has 0 fully saturated rings. The molecule has 240 valence electrons. The van der Waals surface area contributed by atoms with Gasteiger partial charge in [-0.3, -0.25) is 0 Å². The summed E-state index contributed by atoms with van der Waals surface area (Å²) in [5.41, 5.74) is 3.71. The van der Waals surface area contributed by atoms with Gasteiger partial charge in [0.25, 0.3) is 0 Å². The second-order valence-corrected chi connectivity index (χ2v) is 11.4. The molecule has 0 saturated heterocycles. The summed E-state index contributed by atoms with van der Waals surface area (Å²) < 4.78 is 0. The number of carbonyl (C=O) groups excluding carboxylic acids is 2. The zero-order chi connectivity index (χ0) is 31.1. The van der Waals surface area contributed by atoms with Gasteiger partial charge in [-0.25, -0.2) is 9.59 Å². The Labute approximate surface area is 261 Å². The highest BCUT2D eigenvalue weighted by Gasteiger charge is 2.09. The zero-order valence-electron chi connectivity index (χ0n) is 27.4. The van der Waals surface area contributed by atoms with Crippen molar-refractivity contribution in [3.05, 3.63) is 59.7 Å². The number of nitrogens with zero attached hydrogens (tertiary/aromatic N) is 2. The van der Waals surface area contributed by atoms with Crippen LogP contribution in [0, 0.1) is 0 Å². The molecule has 0 aliphatic carbocycles. The summed E-state index contributed by atoms with van der Waals surface area (Å²) in [5, 5.41) is 12.0. The first kappa shape index (κ1) is 36.1. The van der Waals surface area contributed by atoms with E-state index in [1.807, 2.05) is 36.4 Å². The van der Waals surface area contributed by atoms with Crippen LogP contribution >= 0.6 is 0 Å². The predicted octanol–water partition coefficient (Wildman–Crippen LogP) is 7.32. The summed E-state index contributed by atoms with van der Waals surface area (Å²) in [7, 11) is 0. The number of amides is 4. The first-order chi connectivity index (χ1) is 21.0. The van der Waals surface area contributed by atoms with E-state index in [1.165, 1.54) is 51.4 Å². The molecule has 2 aromatic carbocycles. The first-order valence-electron chi connectivity index (χ1n) is 16.7. The fraction of sp³-hybridized carbons (Fsp3) is 0.600. The van der Waals surface area contributed by atoms with Crippen LogP contribution in [0.4, 0.5) is 21.0 Å². The molecule has 0 aliphatic heterocycles. The lowest BCUT2D eigenvalue weighted by Gasteiger charge is -2.22. The molecule has 8 nitrogen and oxygen atoms in total. The van der Waals surface area contributed by atoms with E-state index in [1.54, 1.807) is 0 Å². The Morgan fingerprint density at radius 1 is 0.558 bits per heavy atom. The number of hydrogen-bond donors (Lipinski definition) is 4. The maximum Gasteiger partial charge on any atom is 0.319 e. The topological polar surface area (TPSA) is 88.7 Å². The third kappa shape index (κ3) is 16.4. The van der Waals surface area contributed by atoms with Gasteiger partial charge in [-0.2, -0.15) is 0 Å². The van der Waals surface area contributed by atoms with Crippen molar-refractivity contribution < 1.29 is 9.59 Å². The number of unbranched alkanes of at least 4 members (excludes halogenated alkanes) is 4. The molecular formula is C35H58N6O2. The van der Waals surface area contributed by atoms with Crippen LogP contribution in [0.25, 0.3) is 0 Å². The van der Waals surface area contributed by atoms with Crippen molar-refractivity contribution >= 4 is 23.4 Å². The maximum atomic E-state index is 12.6. The Morgan fingerprint density at radius 3 is 1.28 bits per heavy atom. The van der Waals surface area contributed by atoms with Gasteiger partial charge in [0.1, 0.15) is 0 Å². The fourth-order valence-electron chi connectivity index (χ4n) is 4.96. The second kappa shape index (κ2) is 22.4. The lowest BCUT2D eigenvalue weighted by atomic mass is 10.0. The van der Waals surface area contributed by atoms with E-state index in [0.29, 0.717) is 19.5 Å². The van der Waals surface area contributed by atoms with Crippen molar-refractivity contribution in [2.24, 2.45) is 0 Å². The minimum atomic E-state index is -0.181. The minimum Gasteiger partial charge on any atom is -0.337 e. The van der Waals surface area contributed by atoms with Crippen LogP contribution in [0.5, 0.6) is 0 Å². The van der Waals surface area contributed by atoms with Gasteiger partial charge in [-0.1, -0.05) is 77.6 Å². The molecule has 0 saturated carbocycles. The normalized spacial score (nSPS) is 11.1. The average Bonchev–Trinajstić information content (AvgIpc) is 2.99. The summed E-state index contributed by atoms with van der Waals surface area (Å²) >= 11 is 0. The monoisotopic (exact) mass is 594 g/mol. The van der Waals surface area contributed by atoms with Crippen LogP contribution in [-0.4, -0.2) is 74.2 Å². The second-order valence-electron chi connectivity index (χ2n) is 11.4. The molecule has 0 spiro atoms. The van der Waals surface area contributed by atoms with E-state index in [-0.39, 0.29) is 12.1 Å². The van der Waals surface area contributed by atoms with E-state index in [0.717, 1.165) is 61.8 Å². The third-order valence-electron chi connectivity index (χ3n) is 7.52. The van der Waals surface area contributed by atoms with Crippen molar-refractivity contribution in [1.29, 1.82) is 0 Å². The quantitative estimate of drug-likeness (QED) is 0.115. The molecule has 43 heavy (non-hydrogen) atoms. The summed E-state index contributed by atoms with van der Waals surface area (Å²) in [6, 6.07) is 15.5. The molecule has 0 aliphatic rings. The van der Waals surface area contributed by atoms with E-state index >= 15 is 0 Å². The van der Waals surface area contributed by atoms with E-state index in [9.17, 15) is 9.59 Å². The van der Waals surface area contributed by atoms with Gasteiger partial charge >= 0.3 is 12.1 Å². The zero-order valence-corrected chi connectivity index (χ0v) is 27.4. The van der Waals surface area contributed by atoms with E-state index in [4.69, 9.17) is 0 Å². The van der Waals surface area contributed by atoms with Crippen LogP contribution in [0.15, 0.2) is 48.5 Å². The number of benzene rings is 2. The van der Waals surface area contributed by atoms with Crippen LogP contribution < -0.4 is 21.3 Å². The van der Waals surface area contributed by atoms with Gasteiger partial charge in [0.15, 0.2) is 0 Å². The van der Waals surface area contributed by atoms with E-state index in [2.05, 4.69) is 70.9 Å². The molecule has 0 bridgehead atoms. The number of carbonyl (C=O) groups is 2. The molecule has 0 radical (unpaired) electrons. The Kier molecular flexibility index (Phi) is 18.8. The Morgan fingerprint density at radius 2 is 0.930 bits per heavy atom. The maximum absolute atomic E-state index is 12.6. The predicted molar refractivity (Wildman–Crippen MR) is 182 cm³/mol. The van der Waals surface area contributed by atoms with Gasteiger partial charge in [0.2, 0.25) is 0 Å². The molecule has 0 unspecified atom stereocenters. The highest BCUT2D eigenvalue weighted by Crippen LogP contribution is 2.18. The molecule has 2 aromatic rings. The van der Waals surface area contributed by atoms with Gasteiger partial charge in [-0.05, 0) is 93.7 Å². The number of urea groups is 2. The lowest BCUT2D eigenvalue weighted by molar-refractivity contribution is 0.242. The standard InChI is InChI=1S/C35H58N6O2/c1-5-9-21-40(22-10-6-2)25-19-36-34(42)38-32-17-13-15-30(28-32)27-31-16-14-18-33(29-31)39-35(43)37-20-26-41(23-11-7-3)24-12-8-4/h13-18,28-29H,5-12,19-27H2,1-4H3,(H2,36,38,42)(H2,37,39,43). The van der Waals surface area contributed by atoms with Gasteiger partial charge in [0, 0.05) is 37.6 Å². The molecule has 0 aromatic heterocycles. The Bertz CT molecular complexity index is 949. The van der Waals surface area contributed by atoms with Crippen LogP contribution in [0.2, 0.25) is 0 Å². The molecule has 0 atom stereocenters. The van der Waals surface area contributed by atoms with Crippen LogP contribution in [-0.2, 0) is 6.42 Å². The van der Waals surface area contributed by atoms with Crippen molar-refractivity contribution in [2.75, 3.05) is 63.0 Å². The molecule has 0 heterocycles. The summed E-state index contributed by atoms with van der Waals surface area (Å²) in [5.74, 6) is 0. The van der Waals surface area contributed by atoms with Crippen molar-refractivity contribution in [3.63, 3.8) is 0 Å². The molecular weight excluding hydrogens is 536 g/mol. The minimum absolute atomic E-state index is 0.181. The number of hydrogen-bond acceptors (Lipinski definition) is 4. The summed E-state index contributed by atoms with van der Waals surface area (Å²) in [4.78, 5) is 30.0. The SMILES string of the molecule is CCCCN(CCCC)CCNC(=O)Nc1cccc(Cc2cccc(NC(=O)NCCN(CCCC)CCCC)c2)c1. The Hall–Kier alpha value is -3.10. The molecule has 2 rings (SSSR count). The fourth-order valence-corrected chi connectivity index (χ4v) is 4.96. The van der Waals surface area contributed by atoms with Crippen LogP contribution in [0.3, 0.4) is 0 Å². The van der Waals surface area contributed by atoms with Crippen molar-refractivity contribution in [3.8, 4) is 0 Å². The largest absolute Gasteiger partial charge is 0.337 e. The number of rotatable bonds is 22. The van der Waals surface area contributed by atoms with Gasteiger partial charge in [0.05, 0.1) is 0 Å². The summed E-state index contributed by atoms with van der Waals surface area (Å²) in [6.07, 6.45) is 10.2. The third-order valence-corrected chi connectivity index (χ3v) is 7.52. The lowest BCUT2D eigenvalue weighted by Crippen LogP contribution is -2.37. The highest BCUT2D eigenvalue weighted by atomic mass is 16.2. The smallest absolute Gasteiger partial charge is 0.319 e. The van der Waals surface area contributed by atoms with E-state index < -0.39 is 0 Å². The molecule has 4 amide bonds. The number of nitrogens with one attached hydrogen (secondary N) is 4. The summed E-state index contributed by atoms with van der Waals surface area (Å²) in [6.45, 7) is 16.2. The highest BCUT2D eigenvalue weighted by molar-refractivity contribution is 5.90. The Balaban J connectivity index is 1.82. The molecule has 8 heteroatoms. The van der Waals surface area contributed by atoms with Gasteiger partial charge in [-0.15, -0.1) is 0 Å².